The summed E-state index contributed by atoms with van der Waals surface area (Å²) in [6, 6.07) is 6.40. The van der Waals surface area contributed by atoms with Crippen LogP contribution in [0.15, 0.2) is 18.2 Å². The van der Waals surface area contributed by atoms with E-state index in [4.69, 9.17) is 30.5 Å². The van der Waals surface area contributed by atoms with Crippen LogP contribution in [0.3, 0.4) is 0 Å². The van der Waals surface area contributed by atoms with Gasteiger partial charge in [0, 0.05) is 0 Å². The zero-order valence-corrected chi connectivity index (χ0v) is 33.7. The van der Waals surface area contributed by atoms with E-state index in [1.807, 2.05) is 31.9 Å². The summed E-state index contributed by atoms with van der Waals surface area (Å²) in [4.78, 5) is 16.2. The predicted octanol–water partition coefficient (Wildman–Crippen LogP) is 9.24. The van der Waals surface area contributed by atoms with Crippen molar-refractivity contribution in [2.75, 3.05) is 12.8 Å². The van der Waals surface area contributed by atoms with Crippen LogP contribution in [0.5, 0.6) is 0 Å². The van der Waals surface area contributed by atoms with Crippen LogP contribution in [0.4, 0.5) is 4.79 Å². The molecule has 3 rings (SSSR count). The molecule has 0 spiro atoms. The fourth-order valence-corrected chi connectivity index (χ4v) is 8.26. The monoisotopic (exact) mass is 688 g/mol. The number of nitrogens with zero attached hydrogens (tertiary/aromatic N) is 1. The summed E-state index contributed by atoms with van der Waals surface area (Å²) in [7, 11) is 1.01. The summed E-state index contributed by atoms with van der Waals surface area (Å²) in [5, 5.41) is 2.18. The molecule has 1 fully saturated rings. The molecule has 0 saturated carbocycles. The zero-order valence-electron chi connectivity index (χ0n) is 30.1. The number of amides is 1. The summed E-state index contributed by atoms with van der Waals surface area (Å²) in [5.74, 6) is 0. The molecule has 0 N–H and O–H groups in total. The molecule has 1 aliphatic rings. The van der Waals surface area contributed by atoms with Crippen molar-refractivity contribution in [3.8, 4) is 0 Å². The van der Waals surface area contributed by atoms with Gasteiger partial charge in [0.15, 0.2) is 14.4 Å². The Morgan fingerprint density at radius 1 is 1.11 bits per heavy atom. The maximum Gasteiger partial charge on any atom is 0.411 e. The van der Waals surface area contributed by atoms with Gasteiger partial charge in [0.1, 0.15) is 17.2 Å². The average molecular weight is 689 g/mol. The Morgan fingerprint density at radius 2 is 1.71 bits per heavy atom. The van der Waals surface area contributed by atoms with Gasteiger partial charge in [-0.2, -0.15) is 0 Å². The zero-order chi connectivity index (χ0) is 34.5. The number of fused-ring (bicyclic) bond motifs is 1. The van der Waals surface area contributed by atoms with Gasteiger partial charge in [0.05, 0.1) is 13.2 Å². The topological polar surface area (TPSA) is 57.2 Å². The lowest BCUT2D eigenvalue weighted by atomic mass is 9.72. The van der Waals surface area contributed by atoms with Crippen molar-refractivity contribution in [3.05, 3.63) is 46.0 Å². The van der Waals surface area contributed by atoms with Gasteiger partial charge in [-0.05, 0) is 122 Å². The van der Waals surface area contributed by atoms with E-state index in [-0.39, 0.29) is 17.1 Å². The van der Waals surface area contributed by atoms with E-state index < -0.39 is 37.8 Å². The third-order valence-corrected chi connectivity index (χ3v) is 15.1. The molecular weight excluding hydrogens is 635 g/mol. The largest absolute Gasteiger partial charge is 0.470 e. The van der Waals surface area contributed by atoms with Crippen molar-refractivity contribution >= 4 is 64.0 Å². The van der Waals surface area contributed by atoms with Crippen LogP contribution in [0.2, 0.25) is 18.1 Å². The SMILES string of the molecule is CSC(=S)OC1[C@H](O[Si](C)(C)C(C)(C)C)CN(C(=O)OC(C)(C)C)[C@@]1(C)c1c(CO[Si])c(C)c(C(C)(C)C)c2c(C)cccc12. The van der Waals surface area contributed by atoms with Gasteiger partial charge in [-0.1, -0.05) is 71.5 Å². The van der Waals surface area contributed by atoms with Crippen LogP contribution in [-0.2, 0) is 35.9 Å². The van der Waals surface area contributed by atoms with Gasteiger partial charge in [-0.3, -0.25) is 4.90 Å². The van der Waals surface area contributed by atoms with Crippen molar-refractivity contribution < 1.29 is 23.1 Å². The van der Waals surface area contributed by atoms with Crippen LogP contribution in [-0.4, -0.2) is 64.8 Å². The lowest BCUT2D eigenvalue weighted by Gasteiger charge is -2.44. The molecule has 0 bridgehead atoms. The first-order chi connectivity index (χ1) is 20.4. The summed E-state index contributed by atoms with van der Waals surface area (Å²) >= 11 is 7.11. The van der Waals surface area contributed by atoms with E-state index in [2.05, 4.69) is 104 Å². The number of thiocarbonyl (C=S) groups is 1. The molecule has 2 aromatic rings. The van der Waals surface area contributed by atoms with Gasteiger partial charge >= 0.3 is 6.09 Å². The standard InChI is InChI=1S/C35H54NO5S2Si2/c1-21-17-16-18-23-26(21)27(32(3,4)5)22(2)24(20-38-44)28(23)35(12)29(39-31(42)43-13)25(41-45(14,15)34(9,10)11)19-36(35)30(37)40-33(6,7)8/h16-18,25,29H,19-20H2,1-15H3/t25-,29?,35+/m1/s1. The molecule has 1 unspecified atom stereocenters. The minimum absolute atomic E-state index is 0.0587. The number of aryl methyl sites for hydroxylation is 1. The van der Waals surface area contributed by atoms with E-state index >= 15 is 0 Å². The summed E-state index contributed by atoms with van der Waals surface area (Å²) in [6.45, 7) is 30.5. The second-order valence-electron chi connectivity index (χ2n) is 16.0. The van der Waals surface area contributed by atoms with Crippen LogP contribution in [0.25, 0.3) is 10.8 Å². The van der Waals surface area contributed by atoms with Crippen molar-refractivity contribution in [3.63, 3.8) is 0 Å². The first-order valence-corrected chi connectivity index (χ1v) is 20.6. The number of carbonyl (C=O) groups excluding carboxylic acids is 1. The highest BCUT2D eigenvalue weighted by Crippen LogP contribution is 2.51. The van der Waals surface area contributed by atoms with Gasteiger partial charge < -0.3 is 18.3 Å². The van der Waals surface area contributed by atoms with Gasteiger partial charge in [-0.25, -0.2) is 4.79 Å². The molecular formula is C35H54NO5S2Si2. The second-order valence-corrected chi connectivity index (χ2v) is 22.5. The van der Waals surface area contributed by atoms with Crippen LogP contribution >= 0.6 is 24.0 Å². The summed E-state index contributed by atoms with van der Waals surface area (Å²) < 4.78 is 26.2. The Labute approximate surface area is 286 Å². The summed E-state index contributed by atoms with van der Waals surface area (Å²) in [5.41, 5.74) is 3.63. The Kier molecular flexibility index (Phi) is 11.2. The number of ether oxygens (including phenoxy) is 2. The molecule has 3 radical (unpaired) electrons. The van der Waals surface area contributed by atoms with E-state index in [0.717, 1.165) is 22.1 Å². The molecule has 0 aliphatic carbocycles. The number of benzene rings is 2. The van der Waals surface area contributed by atoms with Gasteiger partial charge in [-0.15, -0.1) is 0 Å². The first kappa shape index (κ1) is 38.0. The number of hydrogen-bond acceptors (Lipinski definition) is 7. The first-order valence-electron chi connectivity index (χ1n) is 15.7. The minimum Gasteiger partial charge on any atom is -0.470 e. The quantitative estimate of drug-likeness (QED) is 0.222. The minimum atomic E-state index is -2.33. The van der Waals surface area contributed by atoms with E-state index in [0.29, 0.717) is 10.9 Å². The van der Waals surface area contributed by atoms with Crippen molar-refractivity contribution in [1.82, 2.24) is 4.90 Å². The lowest BCUT2D eigenvalue weighted by molar-refractivity contribution is -0.0115. The fraction of sp³-hybridized carbons (Fsp3) is 0.657. The fourth-order valence-electron chi connectivity index (χ4n) is 6.50. The third kappa shape index (κ3) is 7.51. The number of hydrogen-bond donors (Lipinski definition) is 0. The number of rotatable bonds is 6. The normalized spacial score (nSPS) is 21.4. The number of carbonyl (C=O) groups is 1. The van der Waals surface area contributed by atoms with Crippen molar-refractivity contribution in [2.24, 2.45) is 0 Å². The molecule has 1 saturated heterocycles. The second kappa shape index (κ2) is 13.2. The molecule has 0 aromatic heterocycles. The molecule has 10 heteroatoms. The molecule has 1 heterocycles. The Morgan fingerprint density at radius 3 is 2.20 bits per heavy atom. The van der Waals surface area contributed by atoms with Crippen molar-refractivity contribution in [1.29, 1.82) is 0 Å². The Hall–Kier alpha value is -1.44. The highest BCUT2D eigenvalue weighted by Gasteiger charge is 2.60. The molecule has 249 valence electrons. The lowest BCUT2D eigenvalue weighted by Crippen LogP contribution is -2.53. The molecule has 3 atom stereocenters. The Bertz CT molecular complexity index is 1440. The smallest absolute Gasteiger partial charge is 0.411 e. The highest BCUT2D eigenvalue weighted by molar-refractivity contribution is 8.22. The van der Waals surface area contributed by atoms with E-state index in [1.54, 1.807) is 0 Å². The van der Waals surface area contributed by atoms with Crippen molar-refractivity contribution in [2.45, 2.75) is 137 Å². The van der Waals surface area contributed by atoms with Crippen LogP contribution < -0.4 is 0 Å². The number of thioether (sulfide) groups is 1. The predicted molar refractivity (Wildman–Crippen MR) is 196 cm³/mol. The molecule has 1 amide bonds. The van der Waals surface area contributed by atoms with Gasteiger partial charge in [0.25, 0.3) is 0 Å². The van der Waals surface area contributed by atoms with Crippen LogP contribution in [0, 0.1) is 13.8 Å². The third-order valence-electron chi connectivity index (χ3n) is 9.47. The average Bonchev–Trinajstić information content (AvgIpc) is 3.13. The maximum atomic E-state index is 14.4. The molecule has 1 aliphatic heterocycles. The summed E-state index contributed by atoms with van der Waals surface area (Å²) in [6.07, 6.45) is 0.428. The Balaban J connectivity index is 2.56. The van der Waals surface area contributed by atoms with E-state index in [1.165, 1.54) is 28.3 Å². The highest BCUT2D eigenvalue weighted by atomic mass is 32.2. The van der Waals surface area contributed by atoms with Crippen LogP contribution in [0.1, 0.15) is 97.1 Å². The molecule has 2 aromatic carbocycles. The molecule has 6 nitrogen and oxygen atoms in total. The molecule has 45 heavy (non-hydrogen) atoms. The maximum absolute atomic E-state index is 14.4. The van der Waals surface area contributed by atoms with E-state index in [9.17, 15) is 4.79 Å². The number of likely N-dealkylation sites (tertiary alicyclic amines) is 1. The van der Waals surface area contributed by atoms with Gasteiger partial charge in [0.2, 0.25) is 14.9 Å².